The van der Waals surface area contributed by atoms with Crippen LogP contribution in [0.2, 0.25) is 0 Å². The zero-order valence-electron chi connectivity index (χ0n) is 46.4. The van der Waals surface area contributed by atoms with Crippen LogP contribution < -0.4 is 68.0 Å². The zero-order chi connectivity index (χ0) is 55.5. The van der Waals surface area contributed by atoms with Gasteiger partial charge in [0.05, 0.1) is 0 Å². The molecule has 0 amide bonds. The molecule has 3 nitrogen and oxygen atoms in total. The van der Waals surface area contributed by atoms with Crippen LogP contribution in [0.3, 0.4) is 0 Å². The van der Waals surface area contributed by atoms with Crippen molar-refractivity contribution in [3.63, 3.8) is 0 Å². The predicted molar refractivity (Wildman–Crippen MR) is 363 cm³/mol. The van der Waals surface area contributed by atoms with E-state index in [1.54, 1.807) is 0 Å². The summed E-state index contributed by atoms with van der Waals surface area (Å²) in [4.78, 5) is 7.89. The van der Waals surface area contributed by atoms with E-state index in [9.17, 15) is 0 Å². The van der Waals surface area contributed by atoms with E-state index in [2.05, 4.69) is 318 Å². The molecular formula is C78H50B3N3Si. The molecule has 6 aliphatic heterocycles. The van der Waals surface area contributed by atoms with Crippen molar-refractivity contribution < 1.29 is 0 Å². The van der Waals surface area contributed by atoms with Crippen LogP contribution in [-0.2, 0) is 0 Å². The summed E-state index contributed by atoms with van der Waals surface area (Å²) in [6, 6.07) is 117. The molecule has 13 aromatic carbocycles. The third-order valence-corrected chi connectivity index (χ3v) is 24.5. The fraction of sp³-hybridized carbons (Fsp3) is 0. The van der Waals surface area contributed by atoms with Crippen molar-refractivity contribution >= 4 is 116 Å². The third kappa shape index (κ3) is 6.37. The highest BCUT2D eigenvalue weighted by atomic mass is 28.3. The van der Waals surface area contributed by atoms with E-state index >= 15 is 0 Å². The molecule has 0 saturated carbocycles. The van der Waals surface area contributed by atoms with Crippen molar-refractivity contribution in [3.05, 3.63) is 303 Å². The van der Waals surface area contributed by atoms with E-state index in [0.717, 1.165) is 0 Å². The second kappa shape index (κ2) is 17.8. The van der Waals surface area contributed by atoms with Crippen LogP contribution in [0.15, 0.2) is 303 Å². The molecule has 0 fully saturated rings. The zero-order valence-corrected chi connectivity index (χ0v) is 47.4. The summed E-state index contributed by atoms with van der Waals surface area (Å²) in [6.07, 6.45) is 0. The molecule has 0 spiro atoms. The lowest BCUT2D eigenvalue weighted by molar-refractivity contribution is 1.35. The first-order valence-corrected chi connectivity index (χ1v) is 31.9. The van der Waals surface area contributed by atoms with Gasteiger partial charge >= 0.3 is 20.5 Å². The Hall–Kier alpha value is -10.3. The van der Waals surface area contributed by atoms with Crippen molar-refractivity contribution in [3.8, 4) is 66.8 Å². The van der Waals surface area contributed by atoms with Gasteiger partial charge < -0.3 is 14.4 Å². The van der Waals surface area contributed by atoms with Crippen LogP contribution in [0.1, 0.15) is 0 Å². The SMILES string of the molecule is c1ccc([Si](c2ccc3c(c2)-c2ccccc2N2B3c3ccccc3-c3ccccc32)(c2ccc3c(c2)-c2ccccc2N2B3c3ccccc3-c3ccccc32)c2ccc3c(c2)-c2ccccc2B2c4ccccc4-c4ccccc4N23)cc1. The lowest BCUT2D eigenvalue weighted by atomic mass is 9.43. The molecule has 0 unspecified atom stereocenters. The van der Waals surface area contributed by atoms with E-state index in [4.69, 9.17) is 0 Å². The molecular weight excluding hydrogens is 1040 g/mol. The van der Waals surface area contributed by atoms with Gasteiger partial charge in [0, 0.05) is 67.5 Å². The number of para-hydroxylation sites is 5. The molecule has 7 heteroatoms. The predicted octanol–water partition coefficient (Wildman–Crippen LogP) is 11.8. The molecule has 0 radical (unpaired) electrons. The largest absolute Gasteiger partial charge is 0.376 e. The van der Waals surface area contributed by atoms with Gasteiger partial charge in [0.25, 0.3) is 0 Å². The Morgan fingerprint density at radius 2 is 0.424 bits per heavy atom. The Bertz CT molecular complexity index is 4540. The number of rotatable bonds is 4. The fourth-order valence-electron chi connectivity index (χ4n) is 16.4. The van der Waals surface area contributed by atoms with Crippen molar-refractivity contribution in [2.75, 3.05) is 14.4 Å². The smallest absolute Gasteiger partial charge is 0.329 e. The van der Waals surface area contributed by atoms with Crippen LogP contribution in [-0.4, -0.2) is 28.6 Å². The van der Waals surface area contributed by atoms with Crippen molar-refractivity contribution in [1.29, 1.82) is 0 Å². The molecule has 0 bridgehead atoms. The number of anilines is 6. The maximum Gasteiger partial charge on any atom is 0.329 e. The molecule has 6 aliphatic rings. The van der Waals surface area contributed by atoms with Crippen LogP contribution in [0.4, 0.5) is 34.1 Å². The lowest BCUT2D eigenvalue weighted by Gasteiger charge is -2.45. The molecule has 0 saturated heterocycles. The van der Waals surface area contributed by atoms with Gasteiger partial charge in [-0.2, -0.15) is 0 Å². The summed E-state index contributed by atoms with van der Waals surface area (Å²) < 4.78 is 0. The van der Waals surface area contributed by atoms with Gasteiger partial charge in [-0.25, -0.2) is 0 Å². The Balaban J connectivity index is 0.905. The second-order valence-electron chi connectivity index (χ2n) is 23.7. The lowest BCUT2D eigenvalue weighted by Crippen LogP contribution is -2.75. The molecule has 19 rings (SSSR count). The Morgan fingerprint density at radius 1 is 0.176 bits per heavy atom. The van der Waals surface area contributed by atoms with Gasteiger partial charge in [-0.15, -0.1) is 0 Å². The van der Waals surface area contributed by atoms with Gasteiger partial charge in [-0.1, -0.05) is 267 Å². The highest BCUT2D eigenvalue weighted by Gasteiger charge is 2.50. The number of hydrogen-bond acceptors (Lipinski definition) is 3. The summed E-state index contributed by atoms with van der Waals surface area (Å²) in [5, 5.41) is 5.40. The van der Waals surface area contributed by atoms with Crippen molar-refractivity contribution in [2.45, 2.75) is 0 Å². The van der Waals surface area contributed by atoms with E-state index in [1.165, 1.54) is 154 Å². The summed E-state index contributed by atoms with van der Waals surface area (Å²) in [6.45, 7) is -0.0170. The number of fused-ring (bicyclic) bond motifs is 33. The molecule has 0 N–H and O–H groups in total. The summed E-state index contributed by atoms with van der Waals surface area (Å²) >= 11 is 0. The fourth-order valence-corrected chi connectivity index (χ4v) is 21.2. The van der Waals surface area contributed by atoms with E-state index in [-0.39, 0.29) is 20.5 Å². The van der Waals surface area contributed by atoms with Crippen LogP contribution in [0, 0.1) is 0 Å². The van der Waals surface area contributed by atoms with Crippen LogP contribution in [0.5, 0.6) is 0 Å². The Labute approximate surface area is 497 Å². The molecule has 0 atom stereocenters. The quantitative estimate of drug-likeness (QED) is 0.128. The maximum absolute atomic E-state index is 3.41. The first kappa shape index (κ1) is 47.2. The monoisotopic (exact) mass is 1090 g/mol. The minimum Gasteiger partial charge on any atom is -0.376 e. The highest BCUT2D eigenvalue weighted by molar-refractivity contribution is 7.20. The van der Waals surface area contributed by atoms with E-state index in [1.807, 2.05) is 0 Å². The highest BCUT2D eigenvalue weighted by Crippen LogP contribution is 2.49. The third-order valence-electron chi connectivity index (χ3n) is 19.8. The minimum atomic E-state index is -3.41. The summed E-state index contributed by atoms with van der Waals surface area (Å²) in [5.74, 6) is 0. The van der Waals surface area contributed by atoms with Gasteiger partial charge in [-0.05, 0) is 123 Å². The molecule has 13 aromatic rings. The maximum atomic E-state index is 2.65. The normalized spacial score (nSPS) is 13.7. The number of hydrogen-bond donors (Lipinski definition) is 0. The first-order valence-electron chi connectivity index (χ1n) is 29.9. The van der Waals surface area contributed by atoms with Gasteiger partial charge in [0.15, 0.2) is 8.07 Å². The van der Waals surface area contributed by atoms with Crippen LogP contribution >= 0.6 is 0 Å². The first-order chi connectivity index (χ1) is 42.2. The van der Waals surface area contributed by atoms with Crippen LogP contribution in [0.25, 0.3) is 66.8 Å². The van der Waals surface area contributed by atoms with Gasteiger partial charge in [-0.3, -0.25) is 0 Å². The van der Waals surface area contributed by atoms with Gasteiger partial charge in [0.1, 0.15) is 0 Å². The van der Waals surface area contributed by atoms with E-state index < -0.39 is 8.07 Å². The van der Waals surface area contributed by atoms with Crippen molar-refractivity contribution in [1.82, 2.24) is 0 Å². The van der Waals surface area contributed by atoms with E-state index in [0.29, 0.717) is 0 Å². The molecule has 0 aliphatic carbocycles. The Morgan fingerprint density at radius 3 is 0.788 bits per heavy atom. The molecule has 85 heavy (non-hydrogen) atoms. The second-order valence-corrected chi connectivity index (χ2v) is 27.5. The average Bonchev–Trinajstić information content (AvgIpc) is 0.936. The average molecular weight is 1090 g/mol. The molecule has 390 valence electrons. The topological polar surface area (TPSA) is 9.72 Å². The summed E-state index contributed by atoms with van der Waals surface area (Å²) in [5.41, 5.74) is 30.8. The number of benzene rings is 13. The molecule has 6 heterocycles. The number of nitrogens with zero attached hydrogens (tertiary/aromatic N) is 3. The Kier molecular flexibility index (Phi) is 9.91. The summed E-state index contributed by atoms with van der Waals surface area (Å²) in [7, 11) is -3.41. The van der Waals surface area contributed by atoms with Gasteiger partial charge in [0.2, 0.25) is 0 Å². The minimum absolute atomic E-state index is 0.0183. The standard InChI is InChI=1S/C78H50B3N3Si/c1-2-22-51(23-3-1)85(52-42-45-71-64(48-52)62-31-11-20-40-76(62)82-73-37-17-8-28-59(73)56-25-5-14-34-68(56)80(71)82,53-43-46-72-65(49-53)63-32-12-21-41-77(63)83-74-38-18-9-29-60(74)57-26-6-15-35-69(57)81(72)83)54-44-47-78-66(50-54)58-27-7-16-36-70(58)79-67-33-13-4-24-55(67)61-30-10-19-39-75(61)84(78)79/h1-50H. The van der Waals surface area contributed by atoms with Crippen molar-refractivity contribution in [2.24, 2.45) is 0 Å². The molecule has 0 aromatic heterocycles.